The zero-order chi connectivity index (χ0) is 12.8. The summed E-state index contributed by atoms with van der Waals surface area (Å²) in [6.07, 6.45) is 1.03. The predicted octanol–water partition coefficient (Wildman–Crippen LogP) is 2.57. The summed E-state index contributed by atoms with van der Waals surface area (Å²) in [7, 11) is 3.90. The Morgan fingerprint density at radius 3 is 2.59 bits per heavy atom. The van der Waals surface area contributed by atoms with Crippen molar-refractivity contribution in [2.24, 2.45) is 0 Å². The van der Waals surface area contributed by atoms with Crippen LogP contribution < -0.4 is 5.32 Å². The molecule has 1 aromatic carbocycles. The molecule has 96 valence electrons. The molecule has 1 N–H and O–H groups in total. The Balaban J connectivity index is 2.61. The molecule has 1 aromatic rings. The fourth-order valence-electron chi connectivity index (χ4n) is 1.73. The molecule has 0 bridgehead atoms. The van der Waals surface area contributed by atoms with Gasteiger partial charge in [0.25, 0.3) is 0 Å². The second-order valence-corrected chi connectivity index (χ2v) is 4.29. The van der Waals surface area contributed by atoms with Crippen LogP contribution in [-0.4, -0.2) is 32.1 Å². The van der Waals surface area contributed by atoms with Gasteiger partial charge in [-0.1, -0.05) is 6.07 Å². The summed E-state index contributed by atoms with van der Waals surface area (Å²) in [6.45, 7) is 3.86. The van der Waals surface area contributed by atoms with Gasteiger partial charge in [-0.25, -0.2) is 8.78 Å². The van der Waals surface area contributed by atoms with Gasteiger partial charge in [0.15, 0.2) is 11.6 Å². The molecule has 0 saturated carbocycles. The Kier molecular flexibility index (Phi) is 5.51. The maximum atomic E-state index is 13.1. The summed E-state index contributed by atoms with van der Waals surface area (Å²) in [5.74, 6) is -1.57. The first kappa shape index (κ1) is 14.1. The van der Waals surface area contributed by atoms with Gasteiger partial charge in [-0.05, 0) is 58.2 Å². The fourth-order valence-corrected chi connectivity index (χ4v) is 1.73. The van der Waals surface area contributed by atoms with Crippen LogP contribution in [0.2, 0.25) is 0 Å². The largest absolute Gasteiger partial charge is 0.320 e. The minimum atomic E-state index is -0.793. The minimum Gasteiger partial charge on any atom is -0.320 e. The Hall–Kier alpha value is -1.00. The van der Waals surface area contributed by atoms with Crippen molar-refractivity contribution >= 4 is 0 Å². The van der Waals surface area contributed by atoms with Crippen LogP contribution in [-0.2, 0) is 0 Å². The van der Waals surface area contributed by atoms with Crippen molar-refractivity contribution in [3.63, 3.8) is 0 Å². The van der Waals surface area contributed by atoms with E-state index in [4.69, 9.17) is 0 Å². The fraction of sp³-hybridized carbons (Fsp3) is 0.538. The van der Waals surface area contributed by atoms with Gasteiger partial charge in [0.2, 0.25) is 0 Å². The third-order valence-electron chi connectivity index (χ3n) is 3.02. The molecule has 0 aromatic heterocycles. The molecule has 0 aliphatic carbocycles. The third kappa shape index (κ3) is 4.06. The van der Waals surface area contributed by atoms with E-state index in [1.165, 1.54) is 12.1 Å². The van der Waals surface area contributed by atoms with Gasteiger partial charge in [0, 0.05) is 6.04 Å². The normalized spacial score (nSPS) is 13.1. The summed E-state index contributed by atoms with van der Waals surface area (Å²) < 4.78 is 25.9. The van der Waals surface area contributed by atoms with Crippen molar-refractivity contribution in [2.75, 3.05) is 27.2 Å². The van der Waals surface area contributed by atoms with Crippen LogP contribution in [0.15, 0.2) is 18.2 Å². The van der Waals surface area contributed by atoms with Gasteiger partial charge >= 0.3 is 0 Å². The van der Waals surface area contributed by atoms with Crippen LogP contribution in [0.25, 0.3) is 0 Å². The van der Waals surface area contributed by atoms with Crippen LogP contribution in [0.1, 0.15) is 24.9 Å². The van der Waals surface area contributed by atoms with E-state index < -0.39 is 11.6 Å². The van der Waals surface area contributed by atoms with E-state index in [-0.39, 0.29) is 6.04 Å². The number of nitrogens with zero attached hydrogens (tertiary/aromatic N) is 1. The van der Waals surface area contributed by atoms with E-state index in [0.717, 1.165) is 25.1 Å². The maximum Gasteiger partial charge on any atom is 0.159 e. The lowest BCUT2D eigenvalue weighted by Crippen LogP contribution is -2.26. The van der Waals surface area contributed by atoms with Crippen LogP contribution in [0.4, 0.5) is 8.78 Å². The van der Waals surface area contributed by atoms with E-state index in [2.05, 4.69) is 10.2 Å². The summed E-state index contributed by atoms with van der Waals surface area (Å²) in [4.78, 5) is 2.13. The zero-order valence-electron chi connectivity index (χ0n) is 10.6. The first-order chi connectivity index (χ1) is 8.06. The Labute approximate surface area is 102 Å². The van der Waals surface area contributed by atoms with Crippen LogP contribution >= 0.6 is 0 Å². The van der Waals surface area contributed by atoms with Crippen molar-refractivity contribution in [2.45, 2.75) is 19.4 Å². The van der Waals surface area contributed by atoms with Crippen LogP contribution in [0.5, 0.6) is 0 Å². The molecule has 0 aliphatic heterocycles. The number of nitrogens with one attached hydrogen (secondary N) is 1. The van der Waals surface area contributed by atoms with E-state index in [1.807, 2.05) is 21.0 Å². The molecule has 1 unspecified atom stereocenters. The van der Waals surface area contributed by atoms with Gasteiger partial charge in [0.1, 0.15) is 0 Å². The predicted molar refractivity (Wildman–Crippen MR) is 65.9 cm³/mol. The standard InChI is InChI=1S/C13H20F2N2/c1-10(17(3)8-4-7-16-2)11-5-6-12(14)13(15)9-11/h5-6,9-10,16H,4,7-8H2,1-3H3. The molecule has 0 fully saturated rings. The first-order valence-corrected chi connectivity index (χ1v) is 5.86. The van der Waals surface area contributed by atoms with Crippen molar-refractivity contribution < 1.29 is 8.78 Å². The first-order valence-electron chi connectivity index (χ1n) is 5.86. The zero-order valence-corrected chi connectivity index (χ0v) is 10.6. The molecule has 1 rings (SSSR count). The Morgan fingerprint density at radius 2 is 2.00 bits per heavy atom. The molecule has 4 heteroatoms. The summed E-state index contributed by atoms with van der Waals surface area (Å²) in [6, 6.07) is 4.18. The highest BCUT2D eigenvalue weighted by atomic mass is 19.2. The molecule has 0 amide bonds. The monoisotopic (exact) mass is 242 g/mol. The van der Waals surface area contributed by atoms with E-state index >= 15 is 0 Å². The lowest BCUT2D eigenvalue weighted by atomic mass is 10.1. The van der Waals surface area contributed by atoms with Gasteiger partial charge in [-0.3, -0.25) is 4.90 Å². The molecule has 1 atom stereocenters. The molecular formula is C13H20F2N2. The summed E-state index contributed by atoms with van der Waals surface area (Å²) >= 11 is 0. The average molecular weight is 242 g/mol. The molecule has 0 aliphatic rings. The number of rotatable bonds is 6. The summed E-state index contributed by atoms with van der Waals surface area (Å²) in [5, 5.41) is 3.08. The molecule has 0 saturated heterocycles. The van der Waals surface area contributed by atoms with Crippen molar-refractivity contribution in [3.8, 4) is 0 Å². The van der Waals surface area contributed by atoms with Crippen molar-refractivity contribution in [1.29, 1.82) is 0 Å². The number of hydrogen-bond acceptors (Lipinski definition) is 2. The quantitative estimate of drug-likeness (QED) is 0.771. The second kappa shape index (κ2) is 6.67. The smallest absolute Gasteiger partial charge is 0.159 e. The highest BCUT2D eigenvalue weighted by Gasteiger charge is 2.13. The molecule has 2 nitrogen and oxygen atoms in total. The highest BCUT2D eigenvalue weighted by molar-refractivity contribution is 5.20. The highest BCUT2D eigenvalue weighted by Crippen LogP contribution is 2.20. The number of benzene rings is 1. The lowest BCUT2D eigenvalue weighted by Gasteiger charge is -2.25. The van der Waals surface area contributed by atoms with E-state index in [1.54, 1.807) is 6.07 Å². The number of halogens is 2. The topological polar surface area (TPSA) is 15.3 Å². The number of hydrogen-bond donors (Lipinski definition) is 1. The second-order valence-electron chi connectivity index (χ2n) is 4.29. The lowest BCUT2D eigenvalue weighted by molar-refractivity contribution is 0.257. The third-order valence-corrected chi connectivity index (χ3v) is 3.02. The molecular weight excluding hydrogens is 222 g/mol. The maximum absolute atomic E-state index is 13.1. The van der Waals surface area contributed by atoms with Crippen LogP contribution in [0, 0.1) is 11.6 Å². The van der Waals surface area contributed by atoms with Gasteiger partial charge < -0.3 is 5.32 Å². The minimum absolute atomic E-state index is 0.0851. The molecule has 0 radical (unpaired) electrons. The van der Waals surface area contributed by atoms with Gasteiger partial charge in [0.05, 0.1) is 0 Å². The average Bonchev–Trinajstić information content (AvgIpc) is 2.32. The Bertz CT molecular complexity index is 355. The van der Waals surface area contributed by atoms with Gasteiger partial charge in [-0.15, -0.1) is 0 Å². The molecule has 17 heavy (non-hydrogen) atoms. The van der Waals surface area contributed by atoms with E-state index in [0.29, 0.717) is 0 Å². The van der Waals surface area contributed by atoms with Crippen molar-refractivity contribution in [1.82, 2.24) is 10.2 Å². The van der Waals surface area contributed by atoms with Crippen molar-refractivity contribution in [3.05, 3.63) is 35.4 Å². The van der Waals surface area contributed by atoms with E-state index in [9.17, 15) is 8.78 Å². The summed E-state index contributed by atoms with van der Waals surface area (Å²) in [5.41, 5.74) is 0.802. The molecule has 0 heterocycles. The SMILES string of the molecule is CNCCCN(C)C(C)c1ccc(F)c(F)c1. The Morgan fingerprint density at radius 1 is 1.29 bits per heavy atom. The molecule has 0 spiro atoms. The van der Waals surface area contributed by atoms with Crippen LogP contribution in [0.3, 0.4) is 0 Å². The van der Waals surface area contributed by atoms with Gasteiger partial charge in [-0.2, -0.15) is 0 Å².